The molecule has 0 aromatic carbocycles. The number of carbonyl (C=O) groups excluding carboxylic acids is 1. The van der Waals surface area contributed by atoms with E-state index in [1.807, 2.05) is 0 Å². The lowest BCUT2D eigenvalue weighted by Gasteiger charge is -2.22. The Morgan fingerprint density at radius 1 is 1.29 bits per heavy atom. The van der Waals surface area contributed by atoms with Gasteiger partial charge in [-0.3, -0.25) is 4.79 Å². The summed E-state index contributed by atoms with van der Waals surface area (Å²) < 4.78 is 0. The van der Waals surface area contributed by atoms with Gasteiger partial charge in [0.25, 0.3) is 0 Å². The summed E-state index contributed by atoms with van der Waals surface area (Å²) in [5.41, 5.74) is 0. The molecule has 1 fully saturated rings. The molecular formula is C15H28N2O4. The van der Waals surface area contributed by atoms with Crippen molar-refractivity contribution < 1.29 is 19.8 Å². The van der Waals surface area contributed by atoms with Gasteiger partial charge in [0.1, 0.15) is 0 Å². The third-order valence-corrected chi connectivity index (χ3v) is 3.88. The number of carboxylic acids is 1. The predicted molar refractivity (Wildman–Crippen MR) is 80.1 cm³/mol. The van der Waals surface area contributed by atoms with E-state index in [1.54, 1.807) is 4.90 Å². The molecule has 1 atom stereocenters. The van der Waals surface area contributed by atoms with Crippen LogP contribution in [0.2, 0.25) is 0 Å². The molecule has 6 heteroatoms. The fourth-order valence-corrected chi connectivity index (χ4v) is 2.60. The highest BCUT2D eigenvalue weighted by molar-refractivity contribution is 5.74. The van der Waals surface area contributed by atoms with Crippen molar-refractivity contribution in [2.24, 2.45) is 5.92 Å². The number of nitrogens with zero attached hydrogens (tertiary/aromatic N) is 1. The third-order valence-electron chi connectivity index (χ3n) is 3.88. The number of aliphatic hydroxyl groups is 1. The zero-order chi connectivity index (χ0) is 15.7. The smallest absolute Gasteiger partial charge is 0.317 e. The number of rotatable bonds is 11. The summed E-state index contributed by atoms with van der Waals surface area (Å²) in [6.07, 6.45) is 5.72. The van der Waals surface area contributed by atoms with Gasteiger partial charge in [0, 0.05) is 25.6 Å². The van der Waals surface area contributed by atoms with Crippen LogP contribution in [0, 0.1) is 5.92 Å². The van der Waals surface area contributed by atoms with Gasteiger partial charge < -0.3 is 20.4 Å². The Morgan fingerprint density at radius 3 is 2.52 bits per heavy atom. The number of carbonyl (C=O) groups is 2. The monoisotopic (exact) mass is 300 g/mol. The van der Waals surface area contributed by atoms with Crippen LogP contribution in [0.15, 0.2) is 0 Å². The van der Waals surface area contributed by atoms with E-state index in [9.17, 15) is 9.59 Å². The molecule has 1 saturated carbocycles. The maximum Gasteiger partial charge on any atom is 0.317 e. The number of aliphatic hydroxyl groups excluding tert-OH is 1. The summed E-state index contributed by atoms with van der Waals surface area (Å²) in [6.45, 7) is 3.02. The second kappa shape index (κ2) is 9.60. The van der Waals surface area contributed by atoms with Crippen molar-refractivity contribution >= 4 is 12.0 Å². The molecule has 0 bridgehead atoms. The number of hydrogen-bond acceptors (Lipinski definition) is 3. The van der Waals surface area contributed by atoms with Crippen molar-refractivity contribution in [3.8, 4) is 0 Å². The molecule has 0 saturated heterocycles. The fraction of sp³-hybridized carbons (Fsp3) is 0.867. The maximum atomic E-state index is 12.0. The number of nitrogens with one attached hydrogen (secondary N) is 1. The van der Waals surface area contributed by atoms with Crippen molar-refractivity contribution in [3.63, 3.8) is 0 Å². The Bertz CT molecular complexity index is 332. The lowest BCUT2D eigenvalue weighted by molar-refractivity contribution is -0.137. The SMILES string of the molecule is CCCC(CCNC(=O)N(CCO)C1CC1)CCC(=O)O. The first-order chi connectivity index (χ1) is 10.1. The van der Waals surface area contributed by atoms with Crippen LogP contribution in [0.5, 0.6) is 0 Å². The summed E-state index contributed by atoms with van der Waals surface area (Å²) in [6, 6.07) is 0.177. The first-order valence-electron chi connectivity index (χ1n) is 7.95. The van der Waals surface area contributed by atoms with E-state index < -0.39 is 5.97 Å². The quantitative estimate of drug-likeness (QED) is 0.543. The second-order valence-electron chi connectivity index (χ2n) is 5.76. The van der Waals surface area contributed by atoms with Crippen molar-refractivity contribution in [1.82, 2.24) is 10.2 Å². The molecule has 122 valence electrons. The van der Waals surface area contributed by atoms with Crippen LogP contribution < -0.4 is 5.32 Å². The largest absolute Gasteiger partial charge is 0.481 e. The van der Waals surface area contributed by atoms with Gasteiger partial charge in [-0.25, -0.2) is 4.79 Å². The molecule has 0 heterocycles. The lowest BCUT2D eigenvalue weighted by atomic mass is 9.94. The minimum absolute atomic E-state index is 0.0129. The third kappa shape index (κ3) is 7.32. The first kappa shape index (κ1) is 17.8. The normalized spacial score (nSPS) is 15.5. The molecular weight excluding hydrogens is 272 g/mol. The minimum Gasteiger partial charge on any atom is -0.481 e. The summed E-state index contributed by atoms with van der Waals surface area (Å²) in [5.74, 6) is -0.415. The van der Waals surface area contributed by atoms with Crippen LogP contribution in [0.1, 0.15) is 51.9 Å². The van der Waals surface area contributed by atoms with Gasteiger partial charge in [-0.05, 0) is 31.6 Å². The Kier molecular flexibility index (Phi) is 8.12. The Morgan fingerprint density at radius 2 is 2.00 bits per heavy atom. The van der Waals surface area contributed by atoms with E-state index in [4.69, 9.17) is 10.2 Å². The summed E-state index contributed by atoms with van der Waals surface area (Å²) in [4.78, 5) is 24.4. The number of urea groups is 1. The Hall–Kier alpha value is -1.30. The Labute approximate surface area is 126 Å². The van der Waals surface area contributed by atoms with Gasteiger partial charge in [-0.2, -0.15) is 0 Å². The van der Waals surface area contributed by atoms with E-state index in [-0.39, 0.29) is 25.1 Å². The first-order valence-corrected chi connectivity index (χ1v) is 7.95. The molecule has 1 aliphatic carbocycles. The van der Waals surface area contributed by atoms with Crippen LogP contribution in [0.25, 0.3) is 0 Å². The molecule has 0 aromatic rings. The zero-order valence-electron chi connectivity index (χ0n) is 12.9. The zero-order valence-corrected chi connectivity index (χ0v) is 12.9. The van der Waals surface area contributed by atoms with E-state index in [0.717, 1.165) is 32.1 Å². The molecule has 1 unspecified atom stereocenters. The highest BCUT2D eigenvalue weighted by Crippen LogP contribution is 2.26. The number of hydrogen-bond donors (Lipinski definition) is 3. The van der Waals surface area contributed by atoms with Crippen LogP contribution in [-0.2, 0) is 4.79 Å². The van der Waals surface area contributed by atoms with Crippen LogP contribution in [-0.4, -0.2) is 52.9 Å². The van der Waals surface area contributed by atoms with Gasteiger partial charge >= 0.3 is 12.0 Å². The van der Waals surface area contributed by atoms with Gasteiger partial charge in [-0.1, -0.05) is 19.8 Å². The van der Waals surface area contributed by atoms with Crippen molar-refractivity contribution in [2.75, 3.05) is 19.7 Å². The Balaban J connectivity index is 2.27. The van der Waals surface area contributed by atoms with Gasteiger partial charge in [0.05, 0.1) is 6.61 Å². The number of amides is 2. The van der Waals surface area contributed by atoms with E-state index in [0.29, 0.717) is 25.4 Å². The predicted octanol–water partition coefficient (Wildman–Crippen LogP) is 1.82. The lowest BCUT2D eigenvalue weighted by Crippen LogP contribution is -2.43. The molecule has 0 radical (unpaired) electrons. The summed E-state index contributed by atoms with van der Waals surface area (Å²) in [5, 5.41) is 20.6. The van der Waals surface area contributed by atoms with Crippen LogP contribution in [0.4, 0.5) is 4.79 Å². The molecule has 0 aromatic heterocycles. The fourth-order valence-electron chi connectivity index (χ4n) is 2.60. The van der Waals surface area contributed by atoms with E-state index in [1.165, 1.54) is 0 Å². The molecule has 21 heavy (non-hydrogen) atoms. The highest BCUT2D eigenvalue weighted by atomic mass is 16.4. The standard InChI is InChI=1S/C15H28N2O4/c1-2-3-12(4-7-14(19)20)8-9-16-15(21)17(10-11-18)13-5-6-13/h12-13,18H,2-11H2,1H3,(H,16,21)(H,19,20). The molecule has 1 aliphatic rings. The summed E-state index contributed by atoms with van der Waals surface area (Å²) in [7, 11) is 0. The summed E-state index contributed by atoms with van der Waals surface area (Å²) >= 11 is 0. The average molecular weight is 300 g/mol. The molecule has 0 spiro atoms. The average Bonchev–Trinajstić information content (AvgIpc) is 3.26. The van der Waals surface area contributed by atoms with Gasteiger partial charge in [-0.15, -0.1) is 0 Å². The highest BCUT2D eigenvalue weighted by Gasteiger charge is 2.31. The minimum atomic E-state index is -0.761. The van der Waals surface area contributed by atoms with Crippen LogP contribution >= 0.6 is 0 Å². The molecule has 6 nitrogen and oxygen atoms in total. The van der Waals surface area contributed by atoms with Crippen molar-refractivity contribution in [1.29, 1.82) is 0 Å². The van der Waals surface area contributed by atoms with E-state index in [2.05, 4.69) is 12.2 Å². The number of aliphatic carboxylic acids is 1. The maximum absolute atomic E-state index is 12.0. The molecule has 1 rings (SSSR count). The number of carboxylic acid groups (broad SMARTS) is 1. The van der Waals surface area contributed by atoms with E-state index >= 15 is 0 Å². The van der Waals surface area contributed by atoms with Gasteiger partial charge in [0.15, 0.2) is 0 Å². The molecule has 0 aliphatic heterocycles. The second-order valence-corrected chi connectivity index (χ2v) is 5.76. The molecule has 3 N–H and O–H groups in total. The van der Waals surface area contributed by atoms with Crippen molar-refractivity contribution in [2.45, 2.75) is 57.9 Å². The van der Waals surface area contributed by atoms with Crippen LogP contribution in [0.3, 0.4) is 0 Å². The topological polar surface area (TPSA) is 89.9 Å². The van der Waals surface area contributed by atoms with Gasteiger partial charge in [0.2, 0.25) is 0 Å². The molecule has 2 amide bonds. The van der Waals surface area contributed by atoms with Crippen molar-refractivity contribution in [3.05, 3.63) is 0 Å².